The van der Waals surface area contributed by atoms with E-state index in [0.717, 1.165) is 11.1 Å². The molecule has 0 aromatic carbocycles. The van der Waals surface area contributed by atoms with Crippen LogP contribution >= 0.6 is 0 Å². The van der Waals surface area contributed by atoms with Gasteiger partial charge in [0.25, 0.3) is 0 Å². The first kappa shape index (κ1) is 10.9. The fourth-order valence-corrected chi connectivity index (χ4v) is 1.06. The largest absolute Gasteiger partial charge is 0.251 e. The van der Waals surface area contributed by atoms with Crippen molar-refractivity contribution in [2.75, 3.05) is 20.6 Å². The van der Waals surface area contributed by atoms with Gasteiger partial charge in [-0.1, -0.05) is 13.8 Å². The highest BCUT2D eigenvalue weighted by Gasteiger charge is 2.15. The maximum Gasteiger partial charge on any atom is 0.0929 e. The lowest BCUT2D eigenvalue weighted by Gasteiger charge is -2.32. The molecule has 0 saturated heterocycles. The van der Waals surface area contributed by atoms with Gasteiger partial charge in [-0.2, -0.15) is 5.43 Å². The molecule has 0 radical (unpaired) electrons. The molecule has 0 amide bonds. The van der Waals surface area contributed by atoms with E-state index < -0.39 is 0 Å². The normalized spacial score (nSPS) is 12.5. The Morgan fingerprint density at radius 3 is 1.82 bits per heavy atom. The Morgan fingerprint density at radius 2 is 1.55 bits per heavy atom. The van der Waals surface area contributed by atoms with E-state index in [0.29, 0.717) is 6.04 Å². The van der Waals surface area contributed by atoms with Crippen molar-refractivity contribution in [2.24, 2.45) is 0 Å². The predicted molar refractivity (Wildman–Crippen MR) is 50.2 cm³/mol. The number of quaternary nitrogens is 1. The van der Waals surface area contributed by atoms with E-state index in [9.17, 15) is 0 Å². The fourth-order valence-electron chi connectivity index (χ4n) is 1.06. The van der Waals surface area contributed by atoms with Crippen LogP contribution in [0.2, 0.25) is 0 Å². The number of hydrogen-bond acceptors (Lipinski definition) is 1. The lowest BCUT2D eigenvalue weighted by atomic mass is 10.2. The number of hydrogen-bond donors (Lipinski definition) is 1. The topological polar surface area (TPSA) is 12.0 Å². The Labute approximate surface area is 71.1 Å². The maximum atomic E-state index is 3.58. The highest BCUT2D eigenvalue weighted by molar-refractivity contribution is 4.54. The minimum Gasteiger partial charge on any atom is -0.251 e. The van der Waals surface area contributed by atoms with Gasteiger partial charge in [-0.05, 0) is 19.8 Å². The summed E-state index contributed by atoms with van der Waals surface area (Å²) < 4.78 is 0.923. The summed E-state index contributed by atoms with van der Waals surface area (Å²) >= 11 is 0. The average Bonchev–Trinajstić information content (AvgIpc) is 2.00. The zero-order valence-electron chi connectivity index (χ0n) is 8.65. The number of rotatable bonds is 5. The van der Waals surface area contributed by atoms with E-state index >= 15 is 0 Å². The third kappa shape index (κ3) is 4.38. The molecule has 11 heavy (non-hydrogen) atoms. The second kappa shape index (κ2) is 4.73. The third-order valence-corrected chi connectivity index (χ3v) is 2.31. The first-order valence-electron chi connectivity index (χ1n) is 4.66. The summed E-state index contributed by atoms with van der Waals surface area (Å²) in [6, 6.07) is 0.671. The Morgan fingerprint density at radius 1 is 1.09 bits per heavy atom. The second-order valence-corrected chi connectivity index (χ2v) is 3.64. The van der Waals surface area contributed by atoms with E-state index in [4.69, 9.17) is 0 Å². The summed E-state index contributed by atoms with van der Waals surface area (Å²) in [5.74, 6) is 0. The molecule has 0 aromatic heterocycles. The summed E-state index contributed by atoms with van der Waals surface area (Å²) in [7, 11) is 4.41. The van der Waals surface area contributed by atoms with Crippen molar-refractivity contribution in [3.05, 3.63) is 0 Å². The van der Waals surface area contributed by atoms with E-state index in [1.165, 1.54) is 12.8 Å². The van der Waals surface area contributed by atoms with Crippen molar-refractivity contribution >= 4 is 0 Å². The molecule has 0 saturated carbocycles. The van der Waals surface area contributed by atoms with Crippen LogP contribution in [-0.2, 0) is 0 Å². The molecular formula is C9H23N2+. The molecule has 0 aliphatic carbocycles. The average molecular weight is 159 g/mol. The second-order valence-electron chi connectivity index (χ2n) is 3.64. The zero-order chi connectivity index (χ0) is 8.91. The highest BCUT2D eigenvalue weighted by Crippen LogP contribution is 2.00. The molecule has 68 valence electrons. The van der Waals surface area contributed by atoms with Gasteiger partial charge in [0, 0.05) is 0 Å². The van der Waals surface area contributed by atoms with Crippen LogP contribution in [-0.4, -0.2) is 31.3 Å². The molecule has 0 bridgehead atoms. The Balaban J connectivity index is 3.79. The minimum absolute atomic E-state index is 0.671. The molecule has 0 rings (SSSR count). The van der Waals surface area contributed by atoms with Gasteiger partial charge in [0.2, 0.25) is 0 Å². The quantitative estimate of drug-likeness (QED) is 0.476. The van der Waals surface area contributed by atoms with Crippen LogP contribution < -0.4 is 5.43 Å². The SMILES string of the molecule is CCC(CC)N[N+](C)(C)CC. The van der Waals surface area contributed by atoms with Gasteiger partial charge >= 0.3 is 0 Å². The molecule has 2 nitrogen and oxygen atoms in total. The monoisotopic (exact) mass is 159 g/mol. The van der Waals surface area contributed by atoms with Gasteiger partial charge in [-0.15, -0.1) is 0 Å². The molecule has 0 spiro atoms. The minimum atomic E-state index is 0.671. The van der Waals surface area contributed by atoms with Crippen LogP contribution in [0.4, 0.5) is 0 Å². The number of nitrogens with zero attached hydrogens (tertiary/aromatic N) is 1. The van der Waals surface area contributed by atoms with Crippen LogP contribution in [0.3, 0.4) is 0 Å². The van der Waals surface area contributed by atoms with Gasteiger partial charge < -0.3 is 0 Å². The molecule has 0 fully saturated rings. The van der Waals surface area contributed by atoms with Crippen molar-refractivity contribution in [2.45, 2.75) is 39.7 Å². The van der Waals surface area contributed by atoms with Crippen molar-refractivity contribution < 1.29 is 4.59 Å². The van der Waals surface area contributed by atoms with Crippen LogP contribution in [0.1, 0.15) is 33.6 Å². The van der Waals surface area contributed by atoms with E-state index in [1.807, 2.05) is 0 Å². The summed E-state index contributed by atoms with van der Waals surface area (Å²) in [5, 5.41) is 0. The third-order valence-electron chi connectivity index (χ3n) is 2.31. The molecule has 0 aliphatic rings. The fraction of sp³-hybridized carbons (Fsp3) is 1.00. The predicted octanol–water partition coefficient (Wildman–Crippen LogP) is 1.78. The van der Waals surface area contributed by atoms with Gasteiger partial charge in [-0.3, -0.25) is 4.59 Å². The van der Waals surface area contributed by atoms with E-state index in [1.54, 1.807) is 0 Å². The summed E-state index contributed by atoms with van der Waals surface area (Å²) in [5.41, 5.74) is 3.58. The van der Waals surface area contributed by atoms with Gasteiger partial charge in [0.05, 0.1) is 26.7 Å². The number of nitrogens with one attached hydrogen (secondary N) is 1. The first-order valence-corrected chi connectivity index (χ1v) is 4.66. The summed E-state index contributed by atoms with van der Waals surface area (Å²) in [4.78, 5) is 0. The Bertz CT molecular complexity index is 95.7. The van der Waals surface area contributed by atoms with Gasteiger partial charge in [-0.25, -0.2) is 0 Å². The molecule has 0 atom stereocenters. The van der Waals surface area contributed by atoms with Crippen LogP contribution in [0.15, 0.2) is 0 Å². The van der Waals surface area contributed by atoms with Crippen molar-refractivity contribution in [3.8, 4) is 0 Å². The van der Waals surface area contributed by atoms with Crippen molar-refractivity contribution in [1.29, 1.82) is 0 Å². The summed E-state index contributed by atoms with van der Waals surface area (Å²) in [6.07, 6.45) is 2.44. The molecule has 2 heteroatoms. The molecule has 0 aromatic rings. The molecule has 0 aliphatic heterocycles. The van der Waals surface area contributed by atoms with Gasteiger partial charge in [0.1, 0.15) is 0 Å². The molecule has 0 heterocycles. The zero-order valence-corrected chi connectivity index (χ0v) is 8.65. The molecule has 1 N–H and O–H groups in total. The van der Waals surface area contributed by atoms with E-state index in [2.05, 4.69) is 40.3 Å². The van der Waals surface area contributed by atoms with E-state index in [-0.39, 0.29) is 0 Å². The summed E-state index contributed by atoms with van der Waals surface area (Å²) in [6.45, 7) is 7.81. The smallest absolute Gasteiger partial charge is 0.0929 e. The molecular weight excluding hydrogens is 136 g/mol. The van der Waals surface area contributed by atoms with Crippen molar-refractivity contribution in [3.63, 3.8) is 0 Å². The first-order chi connectivity index (χ1) is 5.05. The van der Waals surface area contributed by atoms with Crippen LogP contribution in [0, 0.1) is 0 Å². The lowest BCUT2D eigenvalue weighted by molar-refractivity contribution is -0.935. The van der Waals surface area contributed by atoms with Crippen molar-refractivity contribution in [1.82, 2.24) is 5.43 Å². The lowest BCUT2D eigenvalue weighted by Crippen LogP contribution is -2.55. The van der Waals surface area contributed by atoms with Crippen LogP contribution in [0.25, 0.3) is 0 Å². The maximum absolute atomic E-state index is 3.58. The Kier molecular flexibility index (Phi) is 4.69. The molecule has 0 unspecified atom stereocenters. The standard InChI is InChI=1S/C9H23N2/c1-6-9(7-2)10-11(4,5)8-3/h9-10H,6-8H2,1-5H3/q+1. The highest BCUT2D eigenvalue weighted by atomic mass is 15.6. The van der Waals surface area contributed by atoms with Gasteiger partial charge in [0.15, 0.2) is 0 Å². The van der Waals surface area contributed by atoms with Crippen LogP contribution in [0.5, 0.6) is 0 Å². The Hall–Kier alpha value is -0.0800.